The summed E-state index contributed by atoms with van der Waals surface area (Å²) in [6, 6.07) is 11.2. The molecule has 0 saturated heterocycles. The topological polar surface area (TPSA) is 9.23 Å². The molecule has 2 aromatic carbocycles. The maximum atomic E-state index is 5.41. The summed E-state index contributed by atoms with van der Waals surface area (Å²) in [6.07, 6.45) is 2.34. The van der Waals surface area contributed by atoms with Crippen molar-refractivity contribution in [1.29, 1.82) is 0 Å². The Balaban J connectivity index is 1.99. The van der Waals surface area contributed by atoms with Gasteiger partial charge in [0.15, 0.2) is 0 Å². The fourth-order valence-corrected chi connectivity index (χ4v) is 3.86. The number of hydrogen-bond acceptors (Lipinski definition) is 1. The molecule has 0 radical (unpaired) electrons. The standard InChI is InChI=1S/C18H18O/c1-11-7-13-8-14(10-19-2)18-15-6-4-3-5-12(15)9-16(18)17(11)13/h3-6,8,11H,7,9-10H2,1-2H3. The number of ether oxygens (including phenoxy) is 1. The molecule has 2 aliphatic carbocycles. The summed E-state index contributed by atoms with van der Waals surface area (Å²) >= 11 is 0. The van der Waals surface area contributed by atoms with Crippen LogP contribution in [0, 0.1) is 0 Å². The van der Waals surface area contributed by atoms with Gasteiger partial charge in [0.2, 0.25) is 0 Å². The molecule has 2 aromatic rings. The fraction of sp³-hybridized carbons (Fsp3) is 0.333. The van der Waals surface area contributed by atoms with Crippen molar-refractivity contribution >= 4 is 0 Å². The van der Waals surface area contributed by atoms with Gasteiger partial charge in [0.25, 0.3) is 0 Å². The Morgan fingerprint density at radius 3 is 2.84 bits per heavy atom. The number of rotatable bonds is 2. The lowest BCUT2D eigenvalue weighted by molar-refractivity contribution is 0.185. The lowest BCUT2D eigenvalue weighted by Crippen LogP contribution is -2.18. The van der Waals surface area contributed by atoms with Crippen molar-refractivity contribution in [3.63, 3.8) is 0 Å². The Kier molecular flexibility index (Phi) is 2.33. The molecule has 1 unspecified atom stereocenters. The van der Waals surface area contributed by atoms with E-state index in [0.717, 1.165) is 18.9 Å². The fourth-order valence-electron chi connectivity index (χ4n) is 3.86. The van der Waals surface area contributed by atoms with Gasteiger partial charge in [-0.3, -0.25) is 0 Å². The van der Waals surface area contributed by atoms with Crippen LogP contribution in [0.3, 0.4) is 0 Å². The van der Waals surface area contributed by atoms with Crippen molar-refractivity contribution in [2.45, 2.75) is 32.3 Å². The highest BCUT2D eigenvalue weighted by Gasteiger charge is 2.32. The number of methoxy groups -OCH3 is 1. The molecule has 2 aliphatic rings. The maximum absolute atomic E-state index is 5.41. The van der Waals surface area contributed by atoms with Gasteiger partial charge in [-0.25, -0.2) is 0 Å². The minimum atomic E-state index is 0.721. The molecule has 0 N–H and O–H groups in total. The molecule has 19 heavy (non-hydrogen) atoms. The molecule has 1 heteroatoms. The van der Waals surface area contributed by atoms with Crippen LogP contribution < -0.4 is 0 Å². The van der Waals surface area contributed by atoms with Gasteiger partial charge >= 0.3 is 0 Å². The first-order valence-electron chi connectivity index (χ1n) is 7.04. The molecule has 0 aliphatic heterocycles. The zero-order chi connectivity index (χ0) is 13.0. The Bertz CT molecular complexity index is 670. The van der Waals surface area contributed by atoms with E-state index in [0.29, 0.717) is 0 Å². The van der Waals surface area contributed by atoms with Crippen LogP contribution in [0.1, 0.15) is 40.7 Å². The Hall–Kier alpha value is -1.60. The van der Waals surface area contributed by atoms with E-state index in [4.69, 9.17) is 4.74 Å². The zero-order valence-electron chi connectivity index (χ0n) is 11.5. The number of hydrogen-bond donors (Lipinski definition) is 0. The van der Waals surface area contributed by atoms with Crippen LogP contribution in [0.25, 0.3) is 11.1 Å². The van der Waals surface area contributed by atoms with Crippen LogP contribution in [0.2, 0.25) is 0 Å². The third kappa shape index (κ3) is 1.45. The Morgan fingerprint density at radius 2 is 2.05 bits per heavy atom. The van der Waals surface area contributed by atoms with Gasteiger partial charge in [-0.15, -0.1) is 0 Å². The molecule has 0 amide bonds. The van der Waals surface area contributed by atoms with Crippen molar-refractivity contribution < 1.29 is 4.74 Å². The van der Waals surface area contributed by atoms with Gasteiger partial charge in [0.05, 0.1) is 6.61 Å². The molecule has 0 saturated carbocycles. The highest BCUT2D eigenvalue weighted by atomic mass is 16.5. The summed E-state index contributed by atoms with van der Waals surface area (Å²) < 4.78 is 5.41. The highest BCUT2D eigenvalue weighted by Crippen LogP contribution is 2.48. The minimum absolute atomic E-state index is 0.721. The first-order valence-corrected chi connectivity index (χ1v) is 7.04. The van der Waals surface area contributed by atoms with Crippen molar-refractivity contribution in [2.75, 3.05) is 7.11 Å². The largest absolute Gasteiger partial charge is 0.380 e. The van der Waals surface area contributed by atoms with E-state index in [9.17, 15) is 0 Å². The van der Waals surface area contributed by atoms with Crippen LogP contribution in [0.5, 0.6) is 0 Å². The first-order chi connectivity index (χ1) is 9.29. The average molecular weight is 250 g/mol. The van der Waals surface area contributed by atoms with Crippen LogP contribution >= 0.6 is 0 Å². The van der Waals surface area contributed by atoms with Gasteiger partial charge < -0.3 is 4.74 Å². The van der Waals surface area contributed by atoms with E-state index in [1.807, 2.05) is 0 Å². The van der Waals surface area contributed by atoms with E-state index in [-0.39, 0.29) is 0 Å². The molecule has 0 spiro atoms. The van der Waals surface area contributed by atoms with Crippen LogP contribution in [0.15, 0.2) is 30.3 Å². The predicted octanol–water partition coefficient (Wildman–Crippen LogP) is 4.06. The SMILES string of the molecule is COCc1cc2c(c3c1-c1ccccc1C3)C(C)C2. The monoisotopic (exact) mass is 250 g/mol. The maximum Gasteiger partial charge on any atom is 0.0719 e. The summed E-state index contributed by atoms with van der Waals surface area (Å²) in [5, 5.41) is 0. The third-order valence-electron chi connectivity index (χ3n) is 4.62. The zero-order valence-corrected chi connectivity index (χ0v) is 11.5. The van der Waals surface area contributed by atoms with E-state index in [1.165, 1.54) is 28.7 Å². The van der Waals surface area contributed by atoms with E-state index >= 15 is 0 Å². The summed E-state index contributed by atoms with van der Waals surface area (Å²) in [5.41, 5.74) is 10.5. The first kappa shape index (κ1) is 11.2. The molecule has 96 valence electrons. The van der Waals surface area contributed by atoms with E-state index in [2.05, 4.69) is 37.3 Å². The van der Waals surface area contributed by atoms with Gasteiger partial charge in [-0.05, 0) is 57.7 Å². The van der Waals surface area contributed by atoms with Gasteiger partial charge in [0.1, 0.15) is 0 Å². The second-order valence-corrected chi connectivity index (χ2v) is 5.83. The number of benzene rings is 2. The Morgan fingerprint density at radius 1 is 1.21 bits per heavy atom. The van der Waals surface area contributed by atoms with E-state index in [1.54, 1.807) is 23.8 Å². The van der Waals surface area contributed by atoms with Crippen LogP contribution in [-0.2, 0) is 24.2 Å². The van der Waals surface area contributed by atoms with Crippen LogP contribution in [-0.4, -0.2) is 7.11 Å². The molecule has 4 rings (SSSR count). The molecular weight excluding hydrogens is 232 g/mol. The minimum Gasteiger partial charge on any atom is -0.380 e. The second kappa shape index (κ2) is 3.94. The molecule has 0 fully saturated rings. The van der Waals surface area contributed by atoms with Gasteiger partial charge in [-0.2, -0.15) is 0 Å². The predicted molar refractivity (Wildman–Crippen MR) is 77.5 cm³/mol. The summed E-state index contributed by atoms with van der Waals surface area (Å²) in [6.45, 7) is 3.07. The number of fused-ring (bicyclic) bond motifs is 5. The molecule has 0 bridgehead atoms. The lowest BCUT2D eigenvalue weighted by atomic mass is 9.73. The lowest BCUT2D eigenvalue weighted by Gasteiger charge is -2.31. The van der Waals surface area contributed by atoms with Gasteiger partial charge in [-0.1, -0.05) is 37.3 Å². The molecule has 0 aromatic heterocycles. The van der Waals surface area contributed by atoms with Crippen molar-refractivity contribution in [1.82, 2.24) is 0 Å². The third-order valence-corrected chi connectivity index (χ3v) is 4.62. The van der Waals surface area contributed by atoms with Crippen LogP contribution in [0.4, 0.5) is 0 Å². The smallest absolute Gasteiger partial charge is 0.0719 e. The average Bonchev–Trinajstić information content (AvgIpc) is 2.75. The second-order valence-electron chi connectivity index (χ2n) is 5.83. The summed E-state index contributed by atoms with van der Waals surface area (Å²) in [4.78, 5) is 0. The van der Waals surface area contributed by atoms with Crippen molar-refractivity contribution in [3.05, 3.63) is 58.1 Å². The Labute approximate surface area is 114 Å². The summed E-state index contributed by atoms with van der Waals surface area (Å²) in [7, 11) is 1.79. The van der Waals surface area contributed by atoms with E-state index < -0.39 is 0 Å². The quantitative estimate of drug-likeness (QED) is 0.666. The van der Waals surface area contributed by atoms with Gasteiger partial charge in [0, 0.05) is 7.11 Å². The molecule has 1 nitrogen and oxygen atoms in total. The highest BCUT2D eigenvalue weighted by molar-refractivity contribution is 5.82. The normalized spacial score (nSPS) is 18.5. The molecule has 1 atom stereocenters. The molecular formula is C18H18O. The van der Waals surface area contributed by atoms with Crippen molar-refractivity contribution in [2.24, 2.45) is 0 Å². The summed E-state index contributed by atoms with van der Waals surface area (Å²) in [5.74, 6) is 0.731. The molecule has 0 heterocycles. The van der Waals surface area contributed by atoms with Crippen molar-refractivity contribution in [3.8, 4) is 11.1 Å².